The van der Waals surface area contributed by atoms with E-state index in [4.69, 9.17) is 6.42 Å². The maximum absolute atomic E-state index is 11.2. The van der Waals surface area contributed by atoms with Gasteiger partial charge >= 0.3 is 0 Å². The van der Waals surface area contributed by atoms with Crippen LogP contribution in [0.25, 0.3) is 0 Å². The zero-order chi connectivity index (χ0) is 8.48. The van der Waals surface area contributed by atoms with Gasteiger partial charge in [-0.1, -0.05) is 5.92 Å². The summed E-state index contributed by atoms with van der Waals surface area (Å²) in [5.74, 6) is 2.69. The van der Waals surface area contributed by atoms with Crippen molar-refractivity contribution in [2.45, 2.75) is 18.9 Å². The second-order valence-corrected chi connectivity index (χ2v) is 4.80. The standard InChI is InChI=1S/C7H11NO2S/c1-3-7-5-4-6-11(9,10)8(7)2/h1,7H,4-6H2,2H3. The first-order valence-electron chi connectivity index (χ1n) is 3.50. The molecule has 1 aliphatic rings. The molecule has 0 aromatic rings. The fourth-order valence-electron chi connectivity index (χ4n) is 1.17. The molecule has 0 aliphatic carbocycles. The Balaban J connectivity index is 2.87. The summed E-state index contributed by atoms with van der Waals surface area (Å²) in [5.41, 5.74) is 0. The fraction of sp³-hybridized carbons (Fsp3) is 0.714. The van der Waals surface area contributed by atoms with E-state index in [1.165, 1.54) is 4.31 Å². The molecular weight excluding hydrogens is 162 g/mol. The van der Waals surface area contributed by atoms with Crippen molar-refractivity contribution in [3.63, 3.8) is 0 Å². The molecule has 0 aromatic heterocycles. The molecule has 0 aromatic carbocycles. The summed E-state index contributed by atoms with van der Waals surface area (Å²) in [7, 11) is -1.49. The Morgan fingerprint density at radius 1 is 1.64 bits per heavy atom. The van der Waals surface area contributed by atoms with Gasteiger partial charge in [-0.15, -0.1) is 6.42 Å². The summed E-state index contributed by atoms with van der Waals surface area (Å²) in [6, 6.07) is -0.228. The largest absolute Gasteiger partial charge is 0.214 e. The third kappa shape index (κ3) is 1.55. The second kappa shape index (κ2) is 2.84. The number of sulfonamides is 1. The molecule has 1 atom stereocenters. The molecule has 62 valence electrons. The van der Waals surface area contributed by atoms with Crippen LogP contribution in [0.15, 0.2) is 0 Å². The van der Waals surface area contributed by atoms with E-state index in [0.717, 1.165) is 6.42 Å². The van der Waals surface area contributed by atoms with Crippen molar-refractivity contribution in [3.8, 4) is 12.3 Å². The lowest BCUT2D eigenvalue weighted by Gasteiger charge is -2.27. The van der Waals surface area contributed by atoms with Crippen LogP contribution < -0.4 is 0 Å². The fourth-order valence-corrected chi connectivity index (χ4v) is 2.54. The molecule has 0 N–H and O–H groups in total. The molecule has 1 fully saturated rings. The highest BCUT2D eigenvalue weighted by Gasteiger charge is 2.28. The zero-order valence-electron chi connectivity index (χ0n) is 6.45. The van der Waals surface area contributed by atoms with E-state index >= 15 is 0 Å². The van der Waals surface area contributed by atoms with Gasteiger partial charge in [-0.2, -0.15) is 4.31 Å². The van der Waals surface area contributed by atoms with Gasteiger partial charge in [0.15, 0.2) is 0 Å². The smallest absolute Gasteiger partial charge is 0.212 e. The van der Waals surface area contributed by atoms with Crippen LogP contribution >= 0.6 is 0 Å². The summed E-state index contributed by atoms with van der Waals surface area (Å²) in [6.07, 6.45) is 6.62. The lowest BCUT2D eigenvalue weighted by atomic mass is 10.2. The van der Waals surface area contributed by atoms with Crippen LogP contribution in [0.1, 0.15) is 12.8 Å². The number of nitrogens with zero attached hydrogens (tertiary/aromatic N) is 1. The number of hydrogen-bond donors (Lipinski definition) is 0. The van der Waals surface area contributed by atoms with Crippen LogP contribution in [-0.4, -0.2) is 31.6 Å². The van der Waals surface area contributed by atoms with E-state index in [0.29, 0.717) is 6.42 Å². The summed E-state index contributed by atoms with van der Waals surface area (Å²) in [5, 5.41) is 0. The van der Waals surface area contributed by atoms with Crippen molar-refractivity contribution in [1.29, 1.82) is 0 Å². The molecule has 0 spiro atoms. The monoisotopic (exact) mass is 173 g/mol. The van der Waals surface area contributed by atoms with Gasteiger partial charge in [-0.25, -0.2) is 8.42 Å². The molecule has 0 bridgehead atoms. The van der Waals surface area contributed by atoms with E-state index in [1.54, 1.807) is 7.05 Å². The van der Waals surface area contributed by atoms with Crippen LogP contribution in [-0.2, 0) is 10.0 Å². The molecule has 11 heavy (non-hydrogen) atoms. The van der Waals surface area contributed by atoms with Crippen molar-refractivity contribution < 1.29 is 8.42 Å². The van der Waals surface area contributed by atoms with Crippen LogP contribution in [0, 0.1) is 12.3 Å². The van der Waals surface area contributed by atoms with Crippen LogP contribution in [0.4, 0.5) is 0 Å². The first-order chi connectivity index (χ1) is 5.08. The maximum Gasteiger partial charge on any atom is 0.214 e. The Morgan fingerprint density at radius 3 is 2.73 bits per heavy atom. The van der Waals surface area contributed by atoms with E-state index in [2.05, 4.69) is 5.92 Å². The normalized spacial score (nSPS) is 31.1. The lowest BCUT2D eigenvalue weighted by Crippen LogP contribution is -2.41. The van der Waals surface area contributed by atoms with Crippen molar-refractivity contribution in [1.82, 2.24) is 4.31 Å². The molecule has 1 heterocycles. The Morgan fingerprint density at radius 2 is 2.27 bits per heavy atom. The average Bonchev–Trinajstić information content (AvgIpc) is 1.95. The van der Waals surface area contributed by atoms with Crippen molar-refractivity contribution >= 4 is 10.0 Å². The molecule has 4 heteroatoms. The van der Waals surface area contributed by atoms with E-state index in [-0.39, 0.29) is 11.8 Å². The Bertz CT molecular complexity index is 275. The third-order valence-electron chi connectivity index (χ3n) is 1.95. The second-order valence-electron chi connectivity index (χ2n) is 2.66. The zero-order valence-corrected chi connectivity index (χ0v) is 7.26. The van der Waals surface area contributed by atoms with Gasteiger partial charge in [-0.05, 0) is 12.8 Å². The van der Waals surface area contributed by atoms with Crippen molar-refractivity contribution in [3.05, 3.63) is 0 Å². The van der Waals surface area contributed by atoms with Gasteiger partial charge in [0.25, 0.3) is 0 Å². The Labute approximate surface area is 67.4 Å². The highest BCUT2D eigenvalue weighted by atomic mass is 32.2. The SMILES string of the molecule is C#CC1CCCS(=O)(=O)N1C. The quantitative estimate of drug-likeness (QED) is 0.485. The summed E-state index contributed by atoms with van der Waals surface area (Å²) >= 11 is 0. The number of terminal acetylenes is 1. The first-order valence-corrected chi connectivity index (χ1v) is 5.10. The topological polar surface area (TPSA) is 37.4 Å². The molecule has 1 unspecified atom stereocenters. The van der Waals surface area contributed by atoms with Gasteiger partial charge in [0, 0.05) is 7.05 Å². The summed E-state index contributed by atoms with van der Waals surface area (Å²) < 4.78 is 23.7. The minimum absolute atomic E-state index is 0.228. The van der Waals surface area contributed by atoms with Gasteiger partial charge in [0.1, 0.15) is 0 Å². The average molecular weight is 173 g/mol. The third-order valence-corrected chi connectivity index (χ3v) is 3.89. The molecule has 0 saturated carbocycles. The minimum atomic E-state index is -3.03. The van der Waals surface area contributed by atoms with E-state index < -0.39 is 10.0 Å². The van der Waals surface area contributed by atoms with Crippen LogP contribution in [0.5, 0.6) is 0 Å². The highest BCUT2D eigenvalue weighted by Crippen LogP contribution is 2.17. The van der Waals surface area contributed by atoms with Gasteiger partial charge < -0.3 is 0 Å². The molecule has 0 radical (unpaired) electrons. The maximum atomic E-state index is 11.2. The highest BCUT2D eigenvalue weighted by molar-refractivity contribution is 7.89. The summed E-state index contributed by atoms with van der Waals surface area (Å²) in [6.45, 7) is 0. The molecule has 1 rings (SSSR count). The number of rotatable bonds is 0. The number of hydrogen-bond acceptors (Lipinski definition) is 2. The molecule has 1 saturated heterocycles. The predicted molar refractivity (Wildman–Crippen MR) is 43.4 cm³/mol. The predicted octanol–water partition coefficient (Wildman–Crippen LogP) is 0.0436. The van der Waals surface area contributed by atoms with Crippen LogP contribution in [0.3, 0.4) is 0 Å². The molecule has 0 amide bonds. The Kier molecular flexibility index (Phi) is 2.21. The van der Waals surface area contributed by atoms with Gasteiger partial charge in [-0.3, -0.25) is 0 Å². The molecule has 1 aliphatic heterocycles. The Hall–Kier alpha value is -0.530. The molecular formula is C7H11NO2S. The van der Waals surface area contributed by atoms with Crippen molar-refractivity contribution in [2.24, 2.45) is 0 Å². The van der Waals surface area contributed by atoms with Crippen LogP contribution in [0.2, 0.25) is 0 Å². The van der Waals surface area contributed by atoms with Gasteiger partial charge in [0.2, 0.25) is 10.0 Å². The van der Waals surface area contributed by atoms with E-state index in [1.807, 2.05) is 0 Å². The van der Waals surface area contributed by atoms with Crippen molar-refractivity contribution in [2.75, 3.05) is 12.8 Å². The van der Waals surface area contributed by atoms with E-state index in [9.17, 15) is 8.42 Å². The van der Waals surface area contributed by atoms with Gasteiger partial charge in [0.05, 0.1) is 11.8 Å². The minimum Gasteiger partial charge on any atom is -0.212 e. The first kappa shape index (κ1) is 8.57. The lowest BCUT2D eigenvalue weighted by molar-refractivity contribution is 0.384. The summed E-state index contributed by atoms with van der Waals surface area (Å²) in [4.78, 5) is 0. The molecule has 3 nitrogen and oxygen atoms in total.